The maximum Gasteiger partial charge on any atom is 0.123 e. The minimum Gasteiger partial charge on any atom is -0.382 e. The van der Waals surface area contributed by atoms with E-state index in [1.54, 1.807) is 0 Å². The molecule has 36 heavy (non-hydrogen) atoms. The van der Waals surface area contributed by atoms with Gasteiger partial charge >= 0.3 is 0 Å². The number of benzene rings is 4. The van der Waals surface area contributed by atoms with Crippen molar-refractivity contribution in [3.05, 3.63) is 161 Å². The highest BCUT2D eigenvalue weighted by Gasteiger charge is 2.38. The lowest BCUT2D eigenvalue weighted by Crippen LogP contribution is -2.37. The third-order valence-electron chi connectivity index (χ3n) is 6.79. The smallest absolute Gasteiger partial charge is 0.123 e. The van der Waals surface area contributed by atoms with E-state index in [1.807, 2.05) is 63.6 Å². The summed E-state index contributed by atoms with van der Waals surface area (Å²) in [6, 6.07) is 37.5. The average Bonchev–Trinajstić information content (AvgIpc) is 3.44. The van der Waals surface area contributed by atoms with E-state index in [1.165, 1.54) is 0 Å². The number of aliphatic hydroxyl groups is 1. The van der Waals surface area contributed by atoms with Crippen LogP contribution in [0.3, 0.4) is 0 Å². The van der Waals surface area contributed by atoms with Gasteiger partial charge in [0.2, 0.25) is 0 Å². The SMILES string of the molecule is CC.Cc1cccc(C(O)c2cn(C(c3ccccc3)(c3ccccc3)c3ccccc3)cn2)c1C. The Morgan fingerprint density at radius 1 is 0.667 bits per heavy atom. The van der Waals surface area contributed by atoms with Crippen LogP contribution in [0.2, 0.25) is 0 Å². The zero-order chi connectivity index (χ0) is 25.5. The fourth-order valence-electron chi connectivity index (χ4n) is 4.88. The molecule has 3 heteroatoms. The van der Waals surface area contributed by atoms with E-state index in [-0.39, 0.29) is 0 Å². The summed E-state index contributed by atoms with van der Waals surface area (Å²) in [6.45, 7) is 8.11. The van der Waals surface area contributed by atoms with Gasteiger partial charge in [0.15, 0.2) is 0 Å². The number of aromatic nitrogens is 2. The Bertz CT molecular complexity index is 1280. The quantitative estimate of drug-likeness (QED) is 0.260. The van der Waals surface area contributed by atoms with E-state index < -0.39 is 11.6 Å². The van der Waals surface area contributed by atoms with Crippen molar-refractivity contribution in [3.63, 3.8) is 0 Å². The van der Waals surface area contributed by atoms with Gasteiger partial charge in [-0.25, -0.2) is 4.98 Å². The van der Waals surface area contributed by atoms with Crippen LogP contribution in [0, 0.1) is 13.8 Å². The first kappa shape index (κ1) is 25.2. The summed E-state index contributed by atoms with van der Waals surface area (Å²) in [6.07, 6.45) is 3.03. The van der Waals surface area contributed by atoms with Gasteiger partial charge in [-0.3, -0.25) is 0 Å². The van der Waals surface area contributed by atoms with Gasteiger partial charge < -0.3 is 9.67 Å². The summed E-state index contributed by atoms with van der Waals surface area (Å²) in [7, 11) is 0. The Kier molecular flexibility index (Phi) is 7.82. The van der Waals surface area contributed by atoms with Crippen LogP contribution < -0.4 is 0 Å². The molecule has 0 fully saturated rings. The van der Waals surface area contributed by atoms with Crippen LogP contribution in [0.5, 0.6) is 0 Å². The van der Waals surface area contributed by atoms with Crippen LogP contribution in [0.4, 0.5) is 0 Å². The van der Waals surface area contributed by atoms with E-state index in [2.05, 4.69) is 90.4 Å². The normalized spacial score (nSPS) is 11.9. The van der Waals surface area contributed by atoms with Crippen molar-refractivity contribution in [2.24, 2.45) is 0 Å². The number of aliphatic hydroxyl groups excluding tert-OH is 1. The van der Waals surface area contributed by atoms with Crippen LogP contribution in [0.25, 0.3) is 0 Å². The molecule has 0 saturated carbocycles. The molecule has 0 radical (unpaired) electrons. The summed E-state index contributed by atoms with van der Waals surface area (Å²) in [5.41, 5.74) is 6.48. The monoisotopic (exact) mass is 474 g/mol. The Hall–Kier alpha value is -3.95. The van der Waals surface area contributed by atoms with Gasteiger partial charge in [-0.05, 0) is 47.2 Å². The lowest BCUT2D eigenvalue weighted by atomic mass is 9.77. The van der Waals surface area contributed by atoms with Gasteiger partial charge in [-0.15, -0.1) is 0 Å². The molecule has 3 nitrogen and oxygen atoms in total. The number of hydrogen-bond donors (Lipinski definition) is 1. The number of aryl methyl sites for hydroxylation is 1. The van der Waals surface area contributed by atoms with Gasteiger partial charge in [0.1, 0.15) is 11.6 Å². The second-order valence-corrected chi connectivity index (χ2v) is 8.71. The highest BCUT2D eigenvalue weighted by Crippen LogP contribution is 2.41. The molecule has 0 aliphatic carbocycles. The van der Waals surface area contributed by atoms with Gasteiger partial charge in [0.05, 0.1) is 12.0 Å². The van der Waals surface area contributed by atoms with E-state index in [0.717, 1.165) is 33.4 Å². The average molecular weight is 475 g/mol. The fourth-order valence-corrected chi connectivity index (χ4v) is 4.88. The van der Waals surface area contributed by atoms with Crippen LogP contribution in [-0.4, -0.2) is 14.7 Å². The number of hydrogen-bond acceptors (Lipinski definition) is 2. The number of nitrogens with zero attached hydrogens (tertiary/aromatic N) is 2. The zero-order valence-electron chi connectivity index (χ0n) is 21.5. The van der Waals surface area contributed by atoms with Crippen molar-refractivity contribution >= 4 is 0 Å². The molecule has 1 heterocycles. The lowest BCUT2D eigenvalue weighted by molar-refractivity contribution is 0.215. The van der Waals surface area contributed by atoms with Gasteiger partial charge in [0, 0.05) is 6.20 Å². The summed E-state index contributed by atoms with van der Waals surface area (Å²) >= 11 is 0. The molecular weight excluding hydrogens is 440 g/mol. The lowest BCUT2D eigenvalue weighted by Gasteiger charge is -2.37. The van der Waals surface area contributed by atoms with Gasteiger partial charge in [0.25, 0.3) is 0 Å². The van der Waals surface area contributed by atoms with Gasteiger partial charge in [-0.1, -0.05) is 123 Å². The molecule has 1 atom stereocenters. The first-order valence-corrected chi connectivity index (χ1v) is 12.6. The Morgan fingerprint density at radius 2 is 1.14 bits per heavy atom. The Balaban J connectivity index is 0.00000148. The van der Waals surface area contributed by atoms with Crippen LogP contribution in [0.1, 0.15) is 59.0 Å². The van der Waals surface area contributed by atoms with Crippen LogP contribution in [-0.2, 0) is 5.54 Å². The molecule has 0 aliphatic heterocycles. The third kappa shape index (κ3) is 4.50. The highest BCUT2D eigenvalue weighted by atomic mass is 16.3. The number of imidazole rings is 1. The minimum atomic E-state index is -0.804. The molecule has 1 N–H and O–H groups in total. The minimum absolute atomic E-state index is 0.626. The summed E-state index contributed by atoms with van der Waals surface area (Å²) < 4.78 is 2.14. The van der Waals surface area contributed by atoms with E-state index in [9.17, 15) is 5.11 Å². The Labute approximate surface area is 214 Å². The van der Waals surface area contributed by atoms with Gasteiger partial charge in [-0.2, -0.15) is 0 Å². The molecule has 1 aromatic heterocycles. The second-order valence-electron chi connectivity index (χ2n) is 8.71. The molecule has 0 amide bonds. The molecule has 4 aromatic carbocycles. The standard InChI is InChI=1S/C31H28N2O.C2H6/c1-23-13-12-20-28(24(23)2)30(34)29-21-33(22-32-29)31(25-14-6-3-7-15-25,26-16-8-4-9-17-26)27-18-10-5-11-19-27;1-2/h3-22,30,34H,1-2H3;1-2H3. The second kappa shape index (κ2) is 11.2. The highest BCUT2D eigenvalue weighted by molar-refractivity contribution is 5.51. The molecule has 182 valence electrons. The van der Waals surface area contributed by atoms with Crippen molar-refractivity contribution in [2.45, 2.75) is 39.3 Å². The predicted octanol–water partition coefficient (Wildman–Crippen LogP) is 7.45. The fraction of sp³-hybridized carbons (Fsp3) is 0.182. The molecule has 1 unspecified atom stereocenters. The first-order chi connectivity index (χ1) is 17.6. The molecule has 5 rings (SSSR count). The van der Waals surface area contributed by atoms with E-state index in [0.29, 0.717) is 5.69 Å². The summed E-state index contributed by atoms with van der Waals surface area (Å²) in [5, 5.41) is 11.3. The van der Waals surface area contributed by atoms with Crippen molar-refractivity contribution in [2.75, 3.05) is 0 Å². The van der Waals surface area contributed by atoms with Crippen LogP contribution in [0.15, 0.2) is 122 Å². The Morgan fingerprint density at radius 3 is 1.61 bits per heavy atom. The van der Waals surface area contributed by atoms with Crippen molar-refractivity contribution in [3.8, 4) is 0 Å². The number of rotatable bonds is 6. The first-order valence-electron chi connectivity index (χ1n) is 12.6. The van der Waals surface area contributed by atoms with E-state index in [4.69, 9.17) is 4.98 Å². The molecule has 0 saturated heterocycles. The van der Waals surface area contributed by atoms with Crippen molar-refractivity contribution in [1.29, 1.82) is 0 Å². The van der Waals surface area contributed by atoms with Crippen molar-refractivity contribution in [1.82, 2.24) is 9.55 Å². The van der Waals surface area contributed by atoms with Crippen LogP contribution >= 0.6 is 0 Å². The van der Waals surface area contributed by atoms with Crippen molar-refractivity contribution < 1.29 is 5.11 Å². The van der Waals surface area contributed by atoms with E-state index >= 15 is 0 Å². The summed E-state index contributed by atoms with van der Waals surface area (Å²) in [5.74, 6) is 0. The third-order valence-corrected chi connectivity index (χ3v) is 6.79. The largest absolute Gasteiger partial charge is 0.382 e. The maximum atomic E-state index is 11.3. The zero-order valence-corrected chi connectivity index (χ0v) is 21.5. The predicted molar refractivity (Wildman–Crippen MR) is 148 cm³/mol. The summed E-state index contributed by atoms with van der Waals surface area (Å²) in [4.78, 5) is 4.72. The molecule has 0 aliphatic rings. The topological polar surface area (TPSA) is 38.0 Å². The molecule has 0 spiro atoms. The maximum absolute atomic E-state index is 11.3. The molecule has 0 bridgehead atoms. The molecular formula is C33H34N2O. The molecule has 5 aromatic rings.